The molecule has 19 heavy (non-hydrogen) atoms. The highest BCUT2D eigenvalue weighted by Gasteiger charge is 2.15. The summed E-state index contributed by atoms with van der Waals surface area (Å²) in [7, 11) is 0. The molecule has 102 valence electrons. The summed E-state index contributed by atoms with van der Waals surface area (Å²) < 4.78 is 0. The maximum atomic E-state index is 9.55. The number of hydrogen-bond donors (Lipinski definition) is 1. The van der Waals surface area contributed by atoms with E-state index >= 15 is 0 Å². The summed E-state index contributed by atoms with van der Waals surface area (Å²) in [6.45, 7) is 6.89. The maximum absolute atomic E-state index is 9.55. The van der Waals surface area contributed by atoms with Crippen molar-refractivity contribution < 1.29 is 5.11 Å². The molecule has 0 spiro atoms. The minimum absolute atomic E-state index is 0.197. The van der Waals surface area contributed by atoms with Gasteiger partial charge in [0.05, 0.1) is 6.61 Å². The second kappa shape index (κ2) is 5.89. The van der Waals surface area contributed by atoms with Gasteiger partial charge in [-0.25, -0.2) is 0 Å². The van der Waals surface area contributed by atoms with Gasteiger partial charge < -0.3 is 5.11 Å². The van der Waals surface area contributed by atoms with Crippen LogP contribution in [0.3, 0.4) is 0 Å². The minimum Gasteiger partial charge on any atom is -0.396 e. The molecule has 2 aromatic rings. The summed E-state index contributed by atoms with van der Waals surface area (Å²) in [6.07, 6.45) is 0.904. The fourth-order valence-corrected chi connectivity index (χ4v) is 3.03. The Kier molecular flexibility index (Phi) is 4.43. The lowest BCUT2D eigenvalue weighted by atomic mass is 9.86. The lowest BCUT2D eigenvalue weighted by Gasteiger charge is -2.20. The summed E-state index contributed by atoms with van der Waals surface area (Å²) in [5.74, 6) is 0.223. The lowest BCUT2D eigenvalue weighted by Crippen LogP contribution is -2.11. The molecule has 0 aliphatic rings. The maximum Gasteiger partial charge on any atom is 0.0510 e. The average molecular weight is 274 g/mol. The molecule has 1 heterocycles. The van der Waals surface area contributed by atoms with Crippen LogP contribution in [0.15, 0.2) is 41.8 Å². The highest BCUT2D eigenvalue weighted by molar-refractivity contribution is 7.10. The van der Waals surface area contributed by atoms with Gasteiger partial charge in [0, 0.05) is 10.8 Å². The predicted octanol–water partition coefficient (Wildman–Crippen LogP) is 4.36. The second-order valence-electron chi connectivity index (χ2n) is 6.05. The molecule has 0 amide bonds. The topological polar surface area (TPSA) is 20.2 Å². The Hall–Kier alpha value is -1.12. The zero-order chi connectivity index (χ0) is 13.9. The van der Waals surface area contributed by atoms with E-state index in [2.05, 4.69) is 56.5 Å². The van der Waals surface area contributed by atoms with Crippen molar-refractivity contribution in [1.29, 1.82) is 0 Å². The largest absolute Gasteiger partial charge is 0.396 e. The second-order valence-corrected chi connectivity index (χ2v) is 7.03. The Labute approximate surface area is 119 Å². The highest BCUT2D eigenvalue weighted by atomic mass is 32.1. The smallest absolute Gasteiger partial charge is 0.0510 e. The number of hydrogen-bond acceptors (Lipinski definition) is 2. The molecule has 0 aliphatic heterocycles. The molecule has 0 saturated heterocycles. The lowest BCUT2D eigenvalue weighted by molar-refractivity contribution is 0.266. The third-order valence-corrected chi connectivity index (χ3v) is 4.50. The van der Waals surface area contributed by atoms with Crippen molar-refractivity contribution in [3.05, 3.63) is 57.8 Å². The van der Waals surface area contributed by atoms with Crippen molar-refractivity contribution >= 4 is 11.3 Å². The molecule has 1 aromatic carbocycles. The Morgan fingerprint density at radius 2 is 1.79 bits per heavy atom. The van der Waals surface area contributed by atoms with E-state index in [1.54, 1.807) is 11.3 Å². The zero-order valence-corrected chi connectivity index (χ0v) is 12.7. The van der Waals surface area contributed by atoms with Gasteiger partial charge in [0.1, 0.15) is 0 Å². The monoisotopic (exact) mass is 274 g/mol. The van der Waals surface area contributed by atoms with Crippen molar-refractivity contribution in [2.24, 2.45) is 0 Å². The van der Waals surface area contributed by atoms with E-state index in [-0.39, 0.29) is 17.9 Å². The van der Waals surface area contributed by atoms with Gasteiger partial charge in [-0.3, -0.25) is 0 Å². The van der Waals surface area contributed by atoms with Crippen LogP contribution in [-0.4, -0.2) is 11.7 Å². The summed E-state index contributed by atoms with van der Waals surface area (Å²) >= 11 is 1.72. The van der Waals surface area contributed by atoms with Crippen LogP contribution in [0.1, 0.15) is 42.7 Å². The van der Waals surface area contributed by atoms with Crippen LogP contribution in [0.25, 0.3) is 0 Å². The number of rotatable bonds is 4. The minimum atomic E-state index is 0.197. The van der Waals surface area contributed by atoms with Gasteiger partial charge in [0.2, 0.25) is 0 Å². The first-order chi connectivity index (χ1) is 9.00. The van der Waals surface area contributed by atoms with E-state index in [1.807, 2.05) is 6.07 Å². The molecule has 1 aromatic heterocycles. The van der Waals surface area contributed by atoms with E-state index in [0.29, 0.717) is 0 Å². The number of aliphatic hydroxyl groups is 1. The standard InChI is InChI=1S/C17H22OS/c1-17(2,3)15-8-6-13(7-9-15)11-14(12-18)16-5-4-10-19-16/h4-10,14,18H,11-12H2,1-3H3. The van der Waals surface area contributed by atoms with Crippen molar-refractivity contribution in [3.8, 4) is 0 Å². The van der Waals surface area contributed by atoms with Crippen LogP contribution >= 0.6 is 11.3 Å². The van der Waals surface area contributed by atoms with E-state index in [9.17, 15) is 5.11 Å². The number of thiophene rings is 1. The van der Waals surface area contributed by atoms with E-state index in [4.69, 9.17) is 0 Å². The molecule has 0 bridgehead atoms. The summed E-state index contributed by atoms with van der Waals surface area (Å²) in [4.78, 5) is 1.27. The van der Waals surface area contributed by atoms with E-state index in [1.165, 1.54) is 16.0 Å². The Morgan fingerprint density at radius 3 is 2.26 bits per heavy atom. The van der Waals surface area contributed by atoms with Crippen LogP contribution in [0.5, 0.6) is 0 Å². The molecule has 0 fully saturated rings. The third kappa shape index (κ3) is 3.68. The van der Waals surface area contributed by atoms with Crippen molar-refractivity contribution in [3.63, 3.8) is 0 Å². The molecule has 0 aliphatic carbocycles. The van der Waals surface area contributed by atoms with Crippen LogP contribution in [0.2, 0.25) is 0 Å². The van der Waals surface area contributed by atoms with Crippen LogP contribution in [0.4, 0.5) is 0 Å². The Morgan fingerprint density at radius 1 is 1.11 bits per heavy atom. The zero-order valence-electron chi connectivity index (χ0n) is 11.9. The molecular formula is C17H22OS. The molecule has 1 nitrogen and oxygen atoms in total. The molecule has 1 N–H and O–H groups in total. The molecule has 0 saturated carbocycles. The van der Waals surface area contributed by atoms with Gasteiger partial charge in [-0.2, -0.15) is 0 Å². The fraction of sp³-hybridized carbons (Fsp3) is 0.412. The van der Waals surface area contributed by atoms with Gasteiger partial charge in [-0.05, 0) is 34.4 Å². The van der Waals surface area contributed by atoms with Gasteiger partial charge in [0.25, 0.3) is 0 Å². The Balaban J connectivity index is 2.11. The molecule has 0 radical (unpaired) electrons. The fourth-order valence-electron chi connectivity index (χ4n) is 2.20. The number of aliphatic hydroxyl groups excluding tert-OH is 1. The summed E-state index contributed by atoms with van der Waals surface area (Å²) in [5.41, 5.74) is 2.84. The third-order valence-electron chi connectivity index (χ3n) is 3.47. The van der Waals surface area contributed by atoms with Crippen LogP contribution in [0, 0.1) is 0 Å². The van der Waals surface area contributed by atoms with E-state index in [0.717, 1.165) is 6.42 Å². The molecule has 2 rings (SSSR count). The van der Waals surface area contributed by atoms with Gasteiger partial charge >= 0.3 is 0 Å². The SMILES string of the molecule is CC(C)(C)c1ccc(CC(CO)c2cccs2)cc1. The summed E-state index contributed by atoms with van der Waals surface area (Å²) in [6, 6.07) is 12.9. The molecular weight excluding hydrogens is 252 g/mol. The summed E-state index contributed by atoms with van der Waals surface area (Å²) in [5, 5.41) is 11.6. The van der Waals surface area contributed by atoms with Crippen molar-refractivity contribution in [1.82, 2.24) is 0 Å². The normalized spacial score (nSPS) is 13.5. The van der Waals surface area contributed by atoms with Gasteiger partial charge in [-0.15, -0.1) is 11.3 Å². The van der Waals surface area contributed by atoms with Crippen LogP contribution < -0.4 is 0 Å². The van der Waals surface area contributed by atoms with Crippen molar-refractivity contribution in [2.75, 3.05) is 6.61 Å². The first kappa shape index (κ1) is 14.3. The predicted molar refractivity (Wildman–Crippen MR) is 83.0 cm³/mol. The molecule has 1 atom stereocenters. The molecule has 1 unspecified atom stereocenters. The van der Waals surface area contributed by atoms with Crippen molar-refractivity contribution in [2.45, 2.75) is 38.5 Å². The van der Waals surface area contributed by atoms with Gasteiger partial charge in [-0.1, -0.05) is 51.1 Å². The van der Waals surface area contributed by atoms with E-state index < -0.39 is 0 Å². The molecule has 2 heteroatoms. The van der Waals surface area contributed by atoms with Gasteiger partial charge in [0.15, 0.2) is 0 Å². The van der Waals surface area contributed by atoms with Crippen LogP contribution in [-0.2, 0) is 11.8 Å². The highest BCUT2D eigenvalue weighted by Crippen LogP contribution is 2.27. The first-order valence-corrected chi connectivity index (χ1v) is 7.62. The first-order valence-electron chi connectivity index (χ1n) is 6.74. The average Bonchev–Trinajstić information content (AvgIpc) is 2.89. The number of benzene rings is 1. The quantitative estimate of drug-likeness (QED) is 0.878. The Bertz CT molecular complexity index is 491.